The van der Waals surface area contributed by atoms with Crippen LogP contribution in [0.3, 0.4) is 0 Å². The first-order valence-corrected chi connectivity index (χ1v) is 9.87. The van der Waals surface area contributed by atoms with E-state index in [0.717, 1.165) is 19.3 Å². The fourth-order valence-corrected chi connectivity index (χ4v) is 2.62. The van der Waals surface area contributed by atoms with Crippen LogP contribution in [-0.2, 0) is 14.4 Å². The Morgan fingerprint density at radius 1 is 0.815 bits per heavy atom. The molecule has 0 unspecified atom stereocenters. The van der Waals surface area contributed by atoms with Crippen LogP contribution >= 0.6 is 0 Å². The highest BCUT2D eigenvalue weighted by Crippen LogP contribution is 2.10. The number of hydrogen-bond acceptors (Lipinski definition) is 4. The zero-order chi connectivity index (χ0) is 20.5. The molecule has 1 atom stereocenters. The lowest BCUT2D eigenvalue weighted by Crippen LogP contribution is -2.46. The Morgan fingerprint density at radius 2 is 1.44 bits per heavy atom. The lowest BCUT2D eigenvalue weighted by atomic mass is 10.0. The number of hydrogen-bond donors (Lipinski definition) is 4. The molecule has 0 aliphatic rings. The van der Waals surface area contributed by atoms with Crippen LogP contribution in [0.5, 0.6) is 0 Å². The minimum atomic E-state index is -1.19. The molecule has 8 nitrogen and oxygen atoms in total. The van der Waals surface area contributed by atoms with Crippen molar-refractivity contribution in [1.29, 1.82) is 0 Å². The maximum atomic E-state index is 11.9. The van der Waals surface area contributed by atoms with Crippen molar-refractivity contribution in [3.63, 3.8) is 0 Å². The molecule has 0 aromatic heterocycles. The average Bonchev–Trinajstić information content (AvgIpc) is 2.61. The first kappa shape index (κ1) is 24.9. The number of amides is 2. The van der Waals surface area contributed by atoms with Gasteiger partial charge in [0.05, 0.1) is 0 Å². The smallest absolute Gasteiger partial charge is 0.326 e. The van der Waals surface area contributed by atoms with E-state index < -0.39 is 24.0 Å². The van der Waals surface area contributed by atoms with Gasteiger partial charge in [-0.2, -0.15) is 0 Å². The first-order valence-electron chi connectivity index (χ1n) is 9.87. The van der Waals surface area contributed by atoms with E-state index in [1.165, 1.54) is 25.7 Å². The summed E-state index contributed by atoms with van der Waals surface area (Å²) in [4.78, 5) is 45.1. The fourth-order valence-electron chi connectivity index (χ4n) is 2.62. The van der Waals surface area contributed by atoms with Gasteiger partial charge >= 0.3 is 18.0 Å². The van der Waals surface area contributed by atoms with Crippen LogP contribution in [-0.4, -0.2) is 46.6 Å². The monoisotopic (exact) mass is 386 g/mol. The van der Waals surface area contributed by atoms with E-state index in [4.69, 9.17) is 10.2 Å². The van der Waals surface area contributed by atoms with Crippen molar-refractivity contribution in [1.82, 2.24) is 10.6 Å². The van der Waals surface area contributed by atoms with Crippen molar-refractivity contribution in [2.24, 2.45) is 0 Å². The highest BCUT2D eigenvalue weighted by Gasteiger charge is 2.20. The third-order valence-electron chi connectivity index (χ3n) is 4.23. The van der Waals surface area contributed by atoms with Gasteiger partial charge in [-0.1, -0.05) is 45.4 Å². The summed E-state index contributed by atoms with van der Waals surface area (Å²) >= 11 is 0. The number of carboxylic acids is 2. The molecule has 0 radical (unpaired) electrons. The van der Waals surface area contributed by atoms with E-state index in [2.05, 4.69) is 17.6 Å². The van der Waals surface area contributed by atoms with Crippen LogP contribution in [0.1, 0.15) is 84.0 Å². The summed E-state index contributed by atoms with van der Waals surface area (Å²) in [5.74, 6) is -2.14. The molecule has 0 spiro atoms. The molecule has 0 aromatic rings. The number of urea groups is 1. The van der Waals surface area contributed by atoms with E-state index in [1.807, 2.05) is 0 Å². The summed E-state index contributed by atoms with van der Waals surface area (Å²) in [5.41, 5.74) is 0. The van der Waals surface area contributed by atoms with Gasteiger partial charge in [0.1, 0.15) is 11.8 Å². The zero-order valence-corrected chi connectivity index (χ0v) is 16.3. The van der Waals surface area contributed by atoms with Gasteiger partial charge in [0.25, 0.3) is 0 Å². The second kappa shape index (κ2) is 16.1. The van der Waals surface area contributed by atoms with Crippen LogP contribution in [0.2, 0.25) is 0 Å². The maximum Gasteiger partial charge on any atom is 0.326 e. The average molecular weight is 386 g/mol. The first-order chi connectivity index (χ1) is 12.9. The molecule has 0 aliphatic heterocycles. The Labute approximate surface area is 161 Å². The van der Waals surface area contributed by atoms with Crippen molar-refractivity contribution in [2.75, 3.05) is 6.54 Å². The van der Waals surface area contributed by atoms with Gasteiger partial charge in [-0.15, -0.1) is 0 Å². The molecule has 0 bridgehead atoms. The predicted molar refractivity (Wildman–Crippen MR) is 102 cm³/mol. The Bertz CT molecular complexity index is 467. The number of aliphatic carboxylic acids is 2. The largest absolute Gasteiger partial charge is 0.481 e. The number of Topliss-reactive ketones (excluding diaryl/α,β-unsaturated/α-hetero) is 1. The van der Waals surface area contributed by atoms with Gasteiger partial charge in [0.2, 0.25) is 0 Å². The number of carbonyl (C=O) groups is 4. The normalized spacial score (nSPS) is 11.6. The molecular weight excluding hydrogens is 352 g/mol. The van der Waals surface area contributed by atoms with Crippen LogP contribution in [0.4, 0.5) is 4.79 Å². The molecule has 2 amide bonds. The molecule has 0 heterocycles. The highest BCUT2D eigenvalue weighted by molar-refractivity contribution is 5.84. The van der Waals surface area contributed by atoms with E-state index in [-0.39, 0.29) is 38.0 Å². The van der Waals surface area contributed by atoms with Gasteiger partial charge in [-0.3, -0.25) is 9.59 Å². The molecule has 4 N–H and O–H groups in total. The fraction of sp³-hybridized carbons (Fsp3) is 0.789. The van der Waals surface area contributed by atoms with Crippen molar-refractivity contribution in [3.05, 3.63) is 0 Å². The second-order valence-electron chi connectivity index (χ2n) is 6.74. The van der Waals surface area contributed by atoms with Crippen LogP contribution < -0.4 is 10.6 Å². The number of carboxylic acid groups (broad SMARTS) is 2. The number of rotatable bonds is 17. The molecule has 0 saturated heterocycles. The van der Waals surface area contributed by atoms with Crippen molar-refractivity contribution < 1.29 is 29.4 Å². The van der Waals surface area contributed by atoms with Gasteiger partial charge in [0, 0.05) is 25.8 Å². The molecule has 0 aromatic carbocycles. The topological polar surface area (TPSA) is 133 Å². The number of ketones is 1. The SMILES string of the molecule is CCCCCCCCCC(=O)CC[C@H](NC(=O)NCCCC(=O)O)C(=O)O. The molecule has 0 saturated carbocycles. The van der Waals surface area contributed by atoms with Crippen molar-refractivity contribution in [3.8, 4) is 0 Å². The van der Waals surface area contributed by atoms with E-state index >= 15 is 0 Å². The molecule has 8 heteroatoms. The number of unbranched alkanes of at least 4 members (excludes halogenated alkanes) is 6. The van der Waals surface area contributed by atoms with E-state index in [1.54, 1.807) is 0 Å². The molecule has 156 valence electrons. The summed E-state index contributed by atoms with van der Waals surface area (Å²) in [6.07, 6.45) is 8.62. The molecule has 0 fully saturated rings. The molecule has 27 heavy (non-hydrogen) atoms. The second-order valence-corrected chi connectivity index (χ2v) is 6.74. The summed E-state index contributed by atoms with van der Waals surface area (Å²) in [7, 11) is 0. The zero-order valence-electron chi connectivity index (χ0n) is 16.3. The molecular formula is C19H34N2O6. The van der Waals surface area contributed by atoms with Gasteiger partial charge in [0.15, 0.2) is 0 Å². The van der Waals surface area contributed by atoms with Crippen molar-refractivity contribution in [2.45, 2.75) is 90.0 Å². The number of nitrogens with one attached hydrogen (secondary N) is 2. The number of carbonyl (C=O) groups excluding carboxylic acids is 2. The predicted octanol–water partition coefficient (Wildman–Crippen LogP) is 3.09. The standard InChI is InChI=1S/C19H34N2O6/c1-2-3-4-5-6-7-8-10-15(22)12-13-16(18(25)26)21-19(27)20-14-9-11-17(23)24/h16H,2-14H2,1H3,(H,23,24)(H,25,26)(H2,20,21,27)/t16-/m0/s1. The highest BCUT2D eigenvalue weighted by atomic mass is 16.4. The van der Waals surface area contributed by atoms with Gasteiger partial charge in [-0.25, -0.2) is 9.59 Å². The Kier molecular flexibility index (Phi) is 14.8. The quantitative estimate of drug-likeness (QED) is 0.284. The van der Waals surface area contributed by atoms with Crippen LogP contribution in [0.25, 0.3) is 0 Å². The van der Waals surface area contributed by atoms with Crippen molar-refractivity contribution >= 4 is 23.8 Å². The lowest BCUT2D eigenvalue weighted by Gasteiger charge is -2.14. The lowest BCUT2D eigenvalue weighted by molar-refractivity contribution is -0.139. The Hall–Kier alpha value is -2.12. The third kappa shape index (κ3) is 15.8. The summed E-state index contributed by atoms with van der Waals surface area (Å²) in [5, 5.41) is 22.4. The molecule has 0 rings (SSSR count). The summed E-state index contributed by atoms with van der Waals surface area (Å²) < 4.78 is 0. The van der Waals surface area contributed by atoms with E-state index in [9.17, 15) is 19.2 Å². The minimum Gasteiger partial charge on any atom is -0.481 e. The Morgan fingerprint density at radius 3 is 2.04 bits per heavy atom. The summed E-state index contributed by atoms with van der Waals surface area (Å²) in [6.45, 7) is 2.31. The van der Waals surface area contributed by atoms with Gasteiger partial charge in [-0.05, 0) is 19.3 Å². The summed E-state index contributed by atoms with van der Waals surface area (Å²) in [6, 6.07) is -1.81. The van der Waals surface area contributed by atoms with Gasteiger partial charge < -0.3 is 20.8 Å². The molecule has 0 aliphatic carbocycles. The van der Waals surface area contributed by atoms with Crippen LogP contribution in [0, 0.1) is 0 Å². The third-order valence-corrected chi connectivity index (χ3v) is 4.23. The Balaban J connectivity index is 3.93. The maximum absolute atomic E-state index is 11.9. The van der Waals surface area contributed by atoms with Crippen LogP contribution in [0.15, 0.2) is 0 Å². The minimum absolute atomic E-state index is 0.0125. The van der Waals surface area contributed by atoms with E-state index in [0.29, 0.717) is 6.42 Å².